The third-order valence-electron chi connectivity index (χ3n) is 4.61. The lowest BCUT2D eigenvalue weighted by Gasteiger charge is -2.00. The van der Waals surface area contributed by atoms with Crippen LogP contribution in [0.5, 0.6) is 0 Å². The Bertz CT molecular complexity index is 1430. The van der Waals surface area contributed by atoms with Crippen molar-refractivity contribution >= 4 is 33.9 Å². The van der Waals surface area contributed by atoms with E-state index in [1.165, 1.54) is 6.20 Å². The first kappa shape index (κ1) is 17.6. The molecule has 144 valence electrons. The van der Waals surface area contributed by atoms with Gasteiger partial charge >= 0.3 is 0 Å². The van der Waals surface area contributed by atoms with Crippen molar-refractivity contribution in [3.8, 4) is 22.9 Å². The summed E-state index contributed by atoms with van der Waals surface area (Å²) in [5.41, 5.74) is 6.50. The number of nitrogens with one attached hydrogen (secondary N) is 2. The molecule has 0 bridgehead atoms. The number of hydrogen-bond acceptors (Lipinski definition) is 6. The lowest BCUT2D eigenvalue weighted by atomic mass is 10.2. The molecule has 0 saturated carbocycles. The van der Waals surface area contributed by atoms with Crippen molar-refractivity contribution in [3.05, 3.63) is 73.8 Å². The number of hydrogen-bond donors (Lipinski definition) is 2. The molecule has 0 radical (unpaired) electrons. The first-order valence-corrected chi connectivity index (χ1v) is 9.19. The van der Waals surface area contributed by atoms with Gasteiger partial charge < -0.3 is 4.98 Å². The molecule has 5 heterocycles. The van der Waals surface area contributed by atoms with Crippen LogP contribution in [0.15, 0.2) is 73.1 Å². The number of pyridine rings is 3. The quantitative estimate of drug-likeness (QED) is 0.436. The highest BCUT2D eigenvalue weighted by molar-refractivity contribution is 6.09. The lowest BCUT2D eigenvalue weighted by molar-refractivity contribution is 1.10. The Kier molecular flexibility index (Phi) is 4.21. The van der Waals surface area contributed by atoms with Crippen LogP contribution in [-0.4, -0.2) is 41.3 Å². The number of H-pyrrole nitrogens is 2. The van der Waals surface area contributed by atoms with E-state index in [0.717, 1.165) is 22.2 Å². The number of nitrogens with zero attached hydrogens (tertiary/aromatic N) is 6. The number of rotatable bonds is 5. The lowest BCUT2D eigenvalue weighted by Crippen LogP contribution is -1.91. The average Bonchev–Trinajstić information content (AvgIpc) is 3.41. The summed E-state index contributed by atoms with van der Waals surface area (Å²) in [4.78, 5) is 25.7. The second kappa shape index (κ2) is 7.17. The Morgan fingerprint density at radius 2 is 1.83 bits per heavy atom. The Balaban J connectivity index is 1.64. The molecule has 0 aromatic carbocycles. The molecule has 5 rings (SSSR count). The van der Waals surface area contributed by atoms with Crippen molar-refractivity contribution in [1.29, 1.82) is 0 Å². The van der Waals surface area contributed by atoms with Crippen LogP contribution in [0.1, 0.15) is 5.69 Å². The van der Waals surface area contributed by atoms with Gasteiger partial charge in [-0.1, -0.05) is 19.2 Å². The summed E-state index contributed by atoms with van der Waals surface area (Å²) in [5.74, 6) is 0.594. The molecule has 8 nitrogen and oxygen atoms in total. The maximum Gasteiger partial charge on any atom is 0.161 e. The second-order valence-electron chi connectivity index (χ2n) is 6.51. The normalized spacial score (nSPS) is 11.5. The molecule has 0 atom stereocenters. The molecule has 5 aromatic rings. The zero-order chi connectivity index (χ0) is 20.5. The first-order valence-electron chi connectivity index (χ1n) is 9.19. The Hall–Kier alpha value is -4.46. The molecule has 0 spiro atoms. The van der Waals surface area contributed by atoms with Gasteiger partial charge in [0.25, 0.3) is 0 Å². The zero-order valence-electron chi connectivity index (χ0n) is 15.9. The topological polar surface area (TPSA) is 108 Å². The van der Waals surface area contributed by atoms with Gasteiger partial charge in [-0.2, -0.15) is 5.10 Å². The van der Waals surface area contributed by atoms with Crippen LogP contribution in [-0.2, 0) is 0 Å². The fourth-order valence-corrected chi connectivity index (χ4v) is 3.19. The molecule has 0 aliphatic carbocycles. The second-order valence-corrected chi connectivity index (χ2v) is 6.51. The maximum atomic E-state index is 4.76. The van der Waals surface area contributed by atoms with Crippen molar-refractivity contribution in [3.63, 3.8) is 0 Å². The van der Waals surface area contributed by atoms with Crippen LogP contribution in [0.2, 0.25) is 0 Å². The summed E-state index contributed by atoms with van der Waals surface area (Å²) in [7, 11) is 0. The molecule has 0 saturated heterocycles. The number of aliphatic imine (C=N–C) groups is 1. The van der Waals surface area contributed by atoms with Gasteiger partial charge in [0.2, 0.25) is 0 Å². The first-order chi connectivity index (χ1) is 14.7. The van der Waals surface area contributed by atoms with Crippen molar-refractivity contribution < 1.29 is 0 Å². The van der Waals surface area contributed by atoms with E-state index < -0.39 is 0 Å². The molecule has 2 N–H and O–H groups in total. The summed E-state index contributed by atoms with van der Waals surface area (Å²) < 4.78 is 0. The Morgan fingerprint density at radius 3 is 2.67 bits per heavy atom. The van der Waals surface area contributed by atoms with E-state index in [0.29, 0.717) is 34.0 Å². The van der Waals surface area contributed by atoms with Crippen molar-refractivity contribution in [2.75, 3.05) is 0 Å². The fraction of sp³-hybridized carbons (Fsp3) is 0. The summed E-state index contributed by atoms with van der Waals surface area (Å²) in [6.07, 6.45) is 6.54. The number of imidazole rings is 1. The monoisotopic (exact) mass is 392 g/mol. The minimum atomic E-state index is 0.594. The number of aromatic amines is 2. The van der Waals surface area contributed by atoms with E-state index >= 15 is 0 Å². The molecule has 0 aliphatic heterocycles. The molecule has 0 aliphatic rings. The third kappa shape index (κ3) is 2.96. The minimum Gasteiger partial charge on any atom is -0.336 e. The fourth-order valence-electron chi connectivity index (χ4n) is 3.19. The predicted molar refractivity (Wildman–Crippen MR) is 118 cm³/mol. The van der Waals surface area contributed by atoms with E-state index in [9.17, 15) is 0 Å². The van der Waals surface area contributed by atoms with Gasteiger partial charge in [0.15, 0.2) is 11.5 Å². The van der Waals surface area contributed by atoms with Crippen LogP contribution < -0.4 is 0 Å². The highest BCUT2D eigenvalue weighted by Gasteiger charge is 2.17. The number of aromatic nitrogens is 7. The molecule has 0 unspecified atom stereocenters. The molecule has 5 aromatic heterocycles. The summed E-state index contributed by atoms with van der Waals surface area (Å²) in [5, 5.41) is 7.44. The van der Waals surface area contributed by atoms with Gasteiger partial charge in [-0.3, -0.25) is 20.1 Å². The summed E-state index contributed by atoms with van der Waals surface area (Å²) in [6, 6.07) is 11.3. The highest BCUT2D eigenvalue weighted by atomic mass is 15.2. The molecular weight excluding hydrogens is 376 g/mol. The number of allylic oxidation sites excluding steroid dienone is 1. The third-order valence-corrected chi connectivity index (χ3v) is 4.61. The van der Waals surface area contributed by atoms with Crippen molar-refractivity contribution in [2.24, 2.45) is 4.99 Å². The molecule has 8 heteroatoms. The van der Waals surface area contributed by atoms with Gasteiger partial charge in [0.05, 0.1) is 22.4 Å². The van der Waals surface area contributed by atoms with E-state index in [-0.39, 0.29) is 0 Å². The molecule has 0 amide bonds. The van der Waals surface area contributed by atoms with E-state index in [2.05, 4.69) is 43.3 Å². The Labute approximate surface area is 171 Å². The van der Waals surface area contributed by atoms with Gasteiger partial charge in [-0.05, 0) is 30.3 Å². The van der Waals surface area contributed by atoms with E-state index in [4.69, 9.17) is 9.97 Å². The van der Waals surface area contributed by atoms with E-state index in [1.54, 1.807) is 18.6 Å². The van der Waals surface area contributed by atoms with E-state index in [1.807, 2.05) is 36.4 Å². The van der Waals surface area contributed by atoms with Crippen LogP contribution in [0.4, 0.5) is 0 Å². The van der Waals surface area contributed by atoms with Crippen LogP contribution in [0.3, 0.4) is 0 Å². The summed E-state index contributed by atoms with van der Waals surface area (Å²) >= 11 is 0. The van der Waals surface area contributed by atoms with Crippen LogP contribution in [0.25, 0.3) is 50.5 Å². The highest BCUT2D eigenvalue weighted by Crippen LogP contribution is 2.29. The zero-order valence-corrected chi connectivity index (χ0v) is 15.9. The van der Waals surface area contributed by atoms with Crippen molar-refractivity contribution in [1.82, 2.24) is 35.1 Å². The maximum absolute atomic E-state index is 4.76. The largest absolute Gasteiger partial charge is 0.336 e. The predicted octanol–water partition coefficient (Wildman–Crippen LogP) is 4.19. The minimum absolute atomic E-state index is 0.594. The Morgan fingerprint density at radius 1 is 0.933 bits per heavy atom. The van der Waals surface area contributed by atoms with Crippen molar-refractivity contribution in [2.45, 2.75) is 0 Å². The smallest absolute Gasteiger partial charge is 0.161 e. The summed E-state index contributed by atoms with van der Waals surface area (Å²) in [6.45, 7) is 7.58. The SMILES string of the molecule is C=CN=CC(=C)c1ccc2[nH]nc(-c3nc4c(-c5ccccn5)nccc4[nH]3)c2n1. The standard InChI is InChI=1S/C22H16N8/c1-3-23-12-13(2)14-7-8-17-20(26-14)21(30-29-17)22-27-16-9-11-25-18(19(16)28-22)15-6-4-5-10-24-15/h3-12H,1-2H2,(H,27,28)(H,29,30). The average molecular weight is 392 g/mol. The van der Waals surface area contributed by atoms with Gasteiger partial charge in [0, 0.05) is 30.4 Å². The van der Waals surface area contributed by atoms with Crippen LogP contribution >= 0.6 is 0 Å². The number of fused-ring (bicyclic) bond motifs is 2. The van der Waals surface area contributed by atoms with Gasteiger partial charge in [0.1, 0.15) is 16.7 Å². The van der Waals surface area contributed by atoms with Crippen LogP contribution in [0, 0.1) is 0 Å². The molecular formula is C22H16N8. The molecule has 30 heavy (non-hydrogen) atoms. The van der Waals surface area contributed by atoms with Gasteiger partial charge in [-0.15, -0.1) is 0 Å². The molecule has 0 fully saturated rings. The van der Waals surface area contributed by atoms with Gasteiger partial charge in [-0.25, -0.2) is 9.97 Å².